The van der Waals surface area contributed by atoms with Crippen molar-refractivity contribution in [1.82, 2.24) is 14.9 Å². The van der Waals surface area contributed by atoms with Crippen LogP contribution in [0.2, 0.25) is 0 Å². The first-order valence-electron chi connectivity index (χ1n) is 15.7. The van der Waals surface area contributed by atoms with Crippen molar-refractivity contribution in [1.29, 1.82) is 0 Å². The number of halogens is 3. The molecule has 48 heavy (non-hydrogen) atoms. The monoisotopic (exact) mass is 658 g/mol. The minimum absolute atomic E-state index is 0.355. The minimum Gasteiger partial charge on any atom is -0.383 e. The van der Waals surface area contributed by atoms with E-state index in [1.165, 1.54) is 36.6 Å². The summed E-state index contributed by atoms with van der Waals surface area (Å²) >= 11 is 0. The van der Waals surface area contributed by atoms with Crippen LogP contribution in [0.4, 0.5) is 18.9 Å². The summed E-state index contributed by atoms with van der Waals surface area (Å²) in [6, 6.07) is 17.7. The van der Waals surface area contributed by atoms with Crippen LogP contribution in [-0.4, -0.2) is 45.0 Å². The molecule has 2 aromatic heterocycles. The summed E-state index contributed by atoms with van der Waals surface area (Å²) in [5.41, 5.74) is 4.31. The Morgan fingerprint density at radius 1 is 0.979 bits per heavy atom. The fourth-order valence-electron chi connectivity index (χ4n) is 6.55. The van der Waals surface area contributed by atoms with Crippen molar-refractivity contribution in [3.05, 3.63) is 89.6 Å². The van der Waals surface area contributed by atoms with E-state index in [1.54, 1.807) is 18.3 Å². The summed E-state index contributed by atoms with van der Waals surface area (Å²) in [6.45, 7) is 0. The zero-order valence-corrected chi connectivity index (χ0v) is 26.1. The van der Waals surface area contributed by atoms with Crippen LogP contribution in [-0.2, 0) is 26.2 Å². The van der Waals surface area contributed by atoms with E-state index in [0.717, 1.165) is 41.6 Å². The number of nitrogens with zero attached hydrogens (tertiary/aromatic N) is 2. The lowest BCUT2D eigenvalue weighted by Gasteiger charge is -2.40. The first kappa shape index (κ1) is 32.7. The van der Waals surface area contributed by atoms with E-state index in [2.05, 4.69) is 24.9 Å². The number of hydrogen-bond donors (Lipinski definition) is 2. The summed E-state index contributed by atoms with van der Waals surface area (Å²) in [5, 5.41) is 6.91. The molecule has 2 aliphatic rings. The summed E-state index contributed by atoms with van der Waals surface area (Å²) in [4.78, 5) is 54.0. The molecule has 0 spiro atoms. The highest BCUT2D eigenvalue weighted by atomic mass is 19.4. The first-order valence-corrected chi connectivity index (χ1v) is 15.7. The minimum atomic E-state index is -5.28. The molecule has 0 unspecified atom stereocenters. The van der Waals surface area contributed by atoms with E-state index in [0.29, 0.717) is 41.6 Å². The molecule has 0 radical (unpaired) electrons. The largest absolute Gasteiger partial charge is 0.491 e. The van der Waals surface area contributed by atoms with E-state index >= 15 is 0 Å². The third-order valence-corrected chi connectivity index (χ3v) is 9.17. The number of hydrogen-bond acceptors (Lipinski definition) is 6. The van der Waals surface area contributed by atoms with Gasteiger partial charge in [-0.3, -0.25) is 14.6 Å². The maximum absolute atomic E-state index is 13.6. The van der Waals surface area contributed by atoms with Gasteiger partial charge in [0.15, 0.2) is 0 Å². The Hall–Kier alpha value is -5.26. The van der Waals surface area contributed by atoms with Crippen LogP contribution >= 0.6 is 0 Å². The topological polar surface area (TPSA) is 119 Å². The van der Waals surface area contributed by atoms with Crippen LogP contribution in [0.5, 0.6) is 0 Å². The number of anilines is 1. The standard InChI is InChI=1S/C36H33F3N4O5/c1-43-28-21-24(13-16-26(28)30(23-7-2-3-8-23)31(43)27-9-4-5-20-40-27)32(45)42-35(18-6-19-35)33(46)41-25-14-10-22(11-15-25)12-17-29(44)48-34(47)36(37,38)39/h4-5,9-17,20-21,23H,2-3,6-8,18-19H2,1H3,(H,41,46)(H,42,45). The molecule has 0 bridgehead atoms. The van der Waals surface area contributed by atoms with Gasteiger partial charge in [-0.25, -0.2) is 9.59 Å². The number of fused-ring (bicyclic) bond motifs is 1. The summed E-state index contributed by atoms with van der Waals surface area (Å²) in [6.07, 6.45) is 4.65. The lowest BCUT2D eigenvalue weighted by atomic mass is 9.75. The van der Waals surface area contributed by atoms with Gasteiger partial charge < -0.3 is 19.9 Å². The molecule has 2 heterocycles. The summed E-state index contributed by atoms with van der Waals surface area (Å²) < 4.78 is 42.6. The molecular weight excluding hydrogens is 625 g/mol. The lowest BCUT2D eigenvalue weighted by Crippen LogP contribution is -2.61. The SMILES string of the molecule is Cn1c(-c2ccccn2)c(C2CCCC2)c2ccc(C(=O)NC3(C(=O)Nc4ccc(C=CC(=O)OC(=O)C(F)(F)F)cc4)CCC3)cc21. The van der Waals surface area contributed by atoms with Crippen LogP contribution in [0.1, 0.15) is 72.3 Å². The van der Waals surface area contributed by atoms with E-state index in [-0.39, 0.29) is 11.8 Å². The maximum atomic E-state index is 13.6. The molecule has 2 amide bonds. The van der Waals surface area contributed by atoms with Crippen molar-refractivity contribution in [3.8, 4) is 11.4 Å². The van der Waals surface area contributed by atoms with Gasteiger partial charge in [0.2, 0.25) is 5.91 Å². The number of ether oxygens (including phenoxy) is 1. The molecule has 2 N–H and O–H groups in total. The number of rotatable bonds is 8. The molecule has 2 saturated carbocycles. The van der Waals surface area contributed by atoms with Gasteiger partial charge in [0.05, 0.1) is 11.4 Å². The number of benzene rings is 2. The number of aryl methyl sites for hydroxylation is 1. The Labute approximate surface area is 274 Å². The molecule has 2 aromatic carbocycles. The molecule has 6 rings (SSSR count). The molecular formula is C36H33F3N4O5. The summed E-state index contributed by atoms with van der Waals surface area (Å²) in [5.74, 6) is -4.38. The first-order chi connectivity index (χ1) is 22.9. The van der Waals surface area contributed by atoms with Crippen molar-refractivity contribution < 1.29 is 37.1 Å². The van der Waals surface area contributed by atoms with Gasteiger partial charge in [0.25, 0.3) is 5.91 Å². The Bertz CT molecular complexity index is 1910. The van der Waals surface area contributed by atoms with Crippen LogP contribution in [0, 0.1) is 0 Å². The Kier molecular flexibility index (Phi) is 8.91. The normalized spacial score (nSPS) is 16.1. The second-order valence-corrected chi connectivity index (χ2v) is 12.3. The Morgan fingerprint density at radius 3 is 2.33 bits per heavy atom. The van der Waals surface area contributed by atoms with Crippen LogP contribution in [0.3, 0.4) is 0 Å². The number of amides is 2. The maximum Gasteiger partial charge on any atom is 0.491 e. The molecule has 0 atom stereocenters. The van der Waals surface area contributed by atoms with Crippen molar-refractivity contribution in [2.45, 2.75) is 62.6 Å². The number of nitrogens with one attached hydrogen (secondary N) is 2. The third-order valence-electron chi connectivity index (χ3n) is 9.17. The highest BCUT2D eigenvalue weighted by Crippen LogP contribution is 2.44. The fourth-order valence-corrected chi connectivity index (χ4v) is 6.55. The van der Waals surface area contributed by atoms with Gasteiger partial charge in [-0.1, -0.05) is 37.1 Å². The molecule has 2 aliphatic carbocycles. The highest BCUT2D eigenvalue weighted by Gasteiger charge is 2.46. The highest BCUT2D eigenvalue weighted by molar-refractivity contribution is 6.06. The number of pyridine rings is 1. The number of esters is 2. The smallest absolute Gasteiger partial charge is 0.383 e. The van der Waals surface area contributed by atoms with Crippen molar-refractivity contribution >= 4 is 46.4 Å². The van der Waals surface area contributed by atoms with E-state index in [9.17, 15) is 32.3 Å². The van der Waals surface area contributed by atoms with E-state index < -0.39 is 23.7 Å². The number of aromatic nitrogens is 2. The quantitative estimate of drug-likeness (QED) is 0.122. The third kappa shape index (κ3) is 6.60. The van der Waals surface area contributed by atoms with E-state index in [4.69, 9.17) is 0 Å². The van der Waals surface area contributed by atoms with Crippen molar-refractivity contribution in [2.24, 2.45) is 7.05 Å². The van der Waals surface area contributed by atoms with Crippen LogP contribution in [0.15, 0.2) is 72.9 Å². The van der Waals surface area contributed by atoms with Crippen molar-refractivity contribution in [2.75, 3.05) is 5.32 Å². The van der Waals surface area contributed by atoms with Crippen molar-refractivity contribution in [3.63, 3.8) is 0 Å². The molecule has 0 saturated heterocycles. The van der Waals surface area contributed by atoms with Gasteiger partial charge in [-0.05, 0) is 91.6 Å². The summed E-state index contributed by atoms with van der Waals surface area (Å²) in [7, 11) is 1.99. The van der Waals surface area contributed by atoms with Gasteiger partial charge >= 0.3 is 18.1 Å². The lowest BCUT2D eigenvalue weighted by molar-refractivity contribution is -0.200. The zero-order valence-electron chi connectivity index (χ0n) is 26.1. The molecule has 9 nitrogen and oxygen atoms in total. The molecule has 0 aliphatic heterocycles. The second kappa shape index (κ2) is 13.1. The predicted octanol–water partition coefficient (Wildman–Crippen LogP) is 6.83. The van der Waals surface area contributed by atoms with E-state index in [1.807, 2.05) is 43.4 Å². The second-order valence-electron chi connectivity index (χ2n) is 12.3. The zero-order chi connectivity index (χ0) is 34.1. The average Bonchev–Trinajstić information content (AvgIpc) is 3.68. The Balaban J connectivity index is 1.16. The average molecular weight is 659 g/mol. The number of carbonyl (C=O) groups excluding carboxylic acids is 4. The van der Waals surface area contributed by atoms with Gasteiger partial charge in [-0.15, -0.1) is 0 Å². The van der Waals surface area contributed by atoms with Crippen LogP contribution in [0.25, 0.3) is 28.4 Å². The molecule has 248 valence electrons. The van der Waals surface area contributed by atoms with Gasteiger partial charge in [0.1, 0.15) is 5.54 Å². The van der Waals surface area contributed by atoms with Gasteiger partial charge in [0, 0.05) is 41.5 Å². The molecule has 2 fully saturated rings. The number of carbonyl (C=O) groups is 4. The van der Waals surface area contributed by atoms with Crippen LogP contribution < -0.4 is 10.6 Å². The molecule has 4 aromatic rings. The van der Waals surface area contributed by atoms with Gasteiger partial charge in [-0.2, -0.15) is 13.2 Å². The number of alkyl halides is 3. The molecule has 12 heteroatoms. The predicted molar refractivity (Wildman–Crippen MR) is 173 cm³/mol. The Morgan fingerprint density at radius 2 is 1.71 bits per heavy atom. The fraction of sp³-hybridized carbons (Fsp3) is 0.306.